The smallest absolute Gasteiger partial charge is 0.238 e. The maximum Gasteiger partial charge on any atom is 0.238 e. The van der Waals surface area contributed by atoms with E-state index in [4.69, 9.17) is 4.74 Å². The third kappa shape index (κ3) is 1.76. The second-order valence-electron chi connectivity index (χ2n) is 5.37. The summed E-state index contributed by atoms with van der Waals surface area (Å²) in [4.78, 5) is 14.5. The Kier molecular flexibility index (Phi) is 3.40. The van der Waals surface area contributed by atoms with Crippen LogP contribution in [0.1, 0.15) is 25.8 Å². The molecule has 2 rings (SSSR count). The highest BCUT2D eigenvalue weighted by atomic mass is 16.5. The molecule has 0 bridgehead atoms. The molecule has 1 aliphatic rings. The highest BCUT2D eigenvalue weighted by Crippen LogP contribution is 2.49. The van der Waals surface area contributed by atoms with Crippen molar-refractivity contribution in [2.45, 2.75) is 25.7 Å². The van der Waals surface area contributed by atoms with Crippen molar-refractivity contribution in [2.75, 3.05) is 19.1 Å². The van der Waals surface area contributed by atoms with Crippen molar-refractivity contribution in [3.8, 4) is 5.75 Å². The number of ether oxygens (including phenoxy) is 1. The fourth-order valence-corrected chi connectivity index (χ4v) is 3.03. The average molecular weight is 259 g/mol. The van der Waals surface area contributed by atoms with Crippen LogP contribution in [-0.2, 0) is 10.2 Å². The molecular weight excluding hydrogens is 238 g/mol. The van der Waals surface area contributed by atoms with E-state index in [2.05, 4.69) is 20.4 Å². The molecule has 102 valence electrons. The molecule has 0 aliphatic carbocycles. The van der Waals surface area contributed by atoms with Crippen LogP contribution in [0, 0.1) is 5.92 Å². The Hall–Kier alpha value is -1.77. The van der Waals surface area contributed by atoms with Gasteiger partial charge >= 0.3 is 0 Å². The Labute approximate surface area is 114 Å². The van der Waals surface area contributed by atoms with E-state index in [1.54, 1.807) is 12.0 Å². The van der Waals surface area contributed by atoms with Gasteiger partial charge in [-0.1, -0.05) is 19.9 Å². The van der Waals surface area contributed by atoms with Gasteiger partial charge in [-0.2, -0.15) is 0 Å². The predicted molar refractivity (Wildman–Crippen MR) is 77.7 cm³/mol. The van der Waals surface area contributed by atoms with Crippen LogP contribution in [0.15, 0.2) is 30.9 Å². The topological polar surface area (TPSA) is 29.5 Å². The number of hydrogen-bond donors (Lipinski definition) is 0. The summed E-state index contributed by atoms with van der Waals surface area (Å²) >= 11 is 0. The molecular formula is C16H21NO2. The summed E-state index contributed by atoms with van der Waals surface area (Å²) in [5, 5.41) is 0. The minimum Gasteiger partial charge on any atom is -0.497 e. The van der Waals surface area contributed by atoms with Crippen LogP contribution in [0.25, 0.3) is 0 Å². The van der Waals surface area contributed by atoms with Gasteiger partial charge in [-0.15, -0.1) is 6.58 Å². The van der Waals surface area contributed by atoms with E-state index in [0.29, 0.717) is 6.42 Å². The van der Waals surface area contributed by atoms with Crippen LogP contribution in [0.2, 0.25) is 0 Å². The molecule has 3 nitrogen and oxygen atoms in total. The maximum absolute atomic E-state index is 12.8. The molecule has 19 heavy (non-hydrogen) atoms. The number of carbonyl (C=O) groups excluding carboxylic acids is 1. The lowest BCUT2D eigenvalue weighted by Gasteiger charge is -2.31. The molecule has 0 N–H and O–H groups in total. The first-order chi connectivity index (χ1) is 8.98. The zero-order valence-corrected chi connectivity index (χ0v) is 12.1. The summed E-state index contributed by atoms with van der Waals surface area (Å²) in [6.45, 7) is 8.00. The second kappa shape index (κ2) is 4.72. The van der Waals surface area contributed by atoms with E-state index in [-0.39, 0.29) is 11.8 Å². The van der Waals surface area contributed by atoms with E-state index in [9.17, 15) is 4.79 Å². The SMILES string of the molecule is C=CCC1(C(C)C)C(=O)N(C)c2ccc(OC)cc21. The first-order valence-corrected chi connectivity index (χ1v) is 6.56. The molecule has 1 unspecified atom stereocenters. The van der Waals surface area contributed by atoms with Crippen LogP contribution in [0.3, 0.4) is 0 Å². The molecule has 0 fully saturated rings. The minimum atomic E-state index is -0.514. The molecule has 1 atom stereocenters. The number of benzene rings is 1. The Morgan fingerprint density at radius 2 is 2.16 bits per heavy atom. The van der Waals surface area contributed by atoms with E-state index in [1.165, 1.54) is 0 Å². The molecule has 1 amide bonds. The first-order valence-electron chi connectivity index (χ1n) is 6.56. The Balaban J connectivity index is 2.70. The normalized spacial score (nSPS) is 21.7. The minimum absolute atomic E-state index is 0.144. The van der Waals surface area contributed by atoms with Gasteiger partial charge in [0.25, 0.3) is 0 Å². The third-order valence-corrected chi connectivity index (χ3v) is 4.18. The Bertz CT molecular complexity index is 521. The number of methoxy groups -OCH3 is 1. The molecule has 0 spiro atoms. The van der Waals surface area contributed by atoms with Crippen molar-refractivity contribution in [2.24, 2.45) is 5.92 Å². The lowest BCUT2D eigenvalue weighted by atomic mass is 9.70. The van der Waals surface area contributed by atoms with Gasteiger partial charge in [0, 0.05) is 12.7 Å². The fraction of sp³-hybridized carbons (Fsp3) is 0.438. The summed E-state index contributed by atoms with van der Waals surface area (Å²) in [6, 6.07) is 5.84. The number of carbonyl (C=O) groups is 1. The van der Waals surface area contributed by atoms with E-state index in [0.717, 1.165) is 17.0 Å². The third-order valence-electron chi connectivity index (χ3n) is 4.18. The number of anilines is 1. The number of fused-ring (bicyclic) bond motifs is 1. The second-order valence-corrected chi connectivity index (χ2v) is 5.37. The predicted octanol–water partition coefficient (Wildman–Crippen LogP) is 3.14. The largest absolute Gasteiger partial charge is 0.497 e. The molecule has 0 saturated heterocycles. The molecule has 1 aromatic rings. The van der Waals surface area contributed by atoms with E-state index in [1.807, 2.05) is 31.3 Å². The highest BCUT2D eigenvalue weighted by Gasteiger charge is 2.50. The first kappa shape index (κ1) is 13.7. The van der Waals surface area contributed by atoms with Gasteiger partial charge in [0.2, 0.25) is 5.91 Å². The van der Waals surface area contributed by atoms with Crippen molar-refractivity contribution in [1.82, 2.24) is 0 Å². The highest BCUT2D eigenvalue weighted by molar-refractivity contribution is 6.08. The van der Waals surface area contributed by atoms with Crippen molar-refractivity contribution < 1.29 is 9.53 Å². The fourth-order valence-electron chi connectivity index (χ4n) is 3.03. The summed E-state index contributed by atoms with van der Waals surface area (Å²) in [5.74, 6) is 1.13. The van der Waals surface area contributed by atoms with Crippen molar-refractivity contribution in [3.05, 3.63) is 36.4 Å². The van der Waals surface area contributed by atoms with Crippen LogP contribution in [0.4, 0.5) is 5.69 Å². The molecule has 1 aliphatic heterocycles. The van der Waals surface area contributed by atoms with Crippen LogP contribution in [0.5, 0.6) is 5.75 Å². The number of rotatable bonds is 4. The van der Waals surface area contributed by atoms with E-state index < -0.39 is 5.41 Å². The zero-order valence-electron chi connectivity index (χ0n) is 12.1. The molecule has 1 aromatic carbocycles. The van der Waals surface area contributed by atoms with Gasteiger partial charge in [-0.3, -0.25) is 4.79 Å². The molecule has 0 radical (unpaired) electrons. The van der Waals surface area contributed by atoms with Crippen LogP contribution < -0.4 is 9.64 Å². The van der Waals surface area contributed by atoms with Crippen molar-refractivity contribution >= 4 is 11.6 Å². The molecule has 0 saturated carbocycles. The molecule has 3 heteroatoms. The molecule has 1 heterocycles. The standard InChI is InChI=1S/C16H21NO2/c1-6-9-16(11(2)3)13-10-12(19-5)7-8-14(13)17(4)15(16)18/h6-8,10-11H,1,9H2,2-5H3. The van der Waals surface area contributed by atoms with Gasteiger partial charge in [-0.05, 0) is 36.1 Å². The van der Waals surface area contributed by atoms with Gasteiger partial charge in [0.15, 0.2) is 0 Å². The summed E-state index contributed by atoms with van der Waals surface area (Å²) in [6.07, 6.45) is 2.48. The number of nitrogens with zero attached hydrogens (tertiary/aromatic N) is 1. The Morgan fingerprint density at radius 3 is 2.68 bits per heavy atom. The van der Waals surface area contributed by atoms with Gasteiger partial charge < -0.3 is 9.64 Å². The number of hydrogen-bond acceptors (Lipinski definition) is 2. The van der Waals surface area contributed by atoms with Crippen LogP contribution in [-0.4, -0.2) is 20.1 Å². The zero-order chi connectivity index (χ0) is 14.2. The summed E-state index contributed by atoms with van der Waals surface area (Å²) in [7, 11) is 3.48. The Morgan fingerprint density at radius 1 is 1.47 bits per heavy atom. The summed E-state index contributed by atoms with van der Waals surface area (Å²) < 4.78 is 5.31. The van der Waals surface area contributed by atoms with Gasteiger partial charge in [-0.25, -0.2) is 0 Å². The van der Waals surface area contributed by atoms with Crippen LogP contribution >= 0.6 is 0 Å². The molecule has 0 aromatic heterocycles. The van der Waals surface area contributed by atoms with Gasteiger partial charge in [0.05, 0.1) is 12.5 Å². The number of amides is 1. The monoisotopic (exact) mass is 259 g/mol. The van der Waals surface area contributed by atoms with Crippen molar-refractivity contribution in [3.63, 3.8) is 0 Å². The van der Waals surface area contributed by atoms with Crippen molar-refractivity contribution in [1.29, 1.82) is 0 Å². The quantitative estimate of drug-likeness (QED) is 0.777. The number of likely N-dealkylation sites (N-methyl/N-ethyl adjacent to an activating group) is 1. The number of allylic oxidation sites excluding steroid dienone is 1. The lowest BCUT2D eigenvalue weighted by molar-refractivity contribution is -0.124. The maximum atomic E-state index is 12.8. The van der Waals surface area contributed by atoms with Gasteiger partial charge in [0.1, 0.15) is 5.75 Å². The average Bonchev–Trinajstić information content (AvgIpc) is 2.61. The lowest BCUT2D eigenvalue weighted by Crippen LogP contribution is -2.42. The van der Waals surface area contributed by atoms with E-state index >= 15 is 0 Å². The summed E-state index contributed by atoms with van der Waals surface area (Å²) in [5.41, 5.74) is 1.51.